The van der Waals surface area contributed by atoms with E-state index in [2.05, 4.69) is 246 Å². The van der Waals surface area contributed by atoms with E-state index < -0.39 is 0 Å². The number of para-hydroxylation sites is 1. The second kappa shape index (κ2) is 25.3. The van der Waals surface area contributed by atoms with Crippen LogP contribution in [0.15, 0.2) is 346 Å². The number of rotatable bonds is 14. The minimum Gasteiger partial charge on any atom is -0.333 e. The van der Waals surface area contributed by atoms with Crippen LogP contribution in [0.2, 0.25) is 0 Å². The van der Waals surface area contributed by atoms with Gasteiger partial charge in [-0.1, -0.05) is 273 Å². The van der Waals surface area contributed by atoms with Gasteiger partial charge in [-0.15, -0.1) is 0 Å². The number of benzene rings is 13. The van der Waals surface area contributed by atoms with Crippen molar-refractivity contribution < 1.29 is 4.79 Å². The van der Waals surface area contributed by atoms with Crippen molar-refractivity contribution >= 4 is 49.4 Å². The van der Waals surface area contributed by atoms with Crippen LogP contribution in [0.1, 0.15) is 28.4 Å². The Kier molecular flexibility index (Phi) is 15.0. The van der Waals surface area contributed by atoms with Gasteiger partial charge in [0.25, 0.3) is 0 Å². The Hall–Kier alpha value is -13.4. The second-order valence-electron chi connectivity index (χ2n) is 25.2. The van der Waals surface area contributed by atoms with Crippen LogP contribution in [-0.4, -0.2) is 44.8 Å². The fourth-order valence-electron chi connectivity index (χ4n) is 14.4. The van der Waals surface area contributed by atoms with Crippen LogP contribution < -0.4 is 0 Å². The summed E-state index contributed by atoms with van der Waals surface area (Å²) in [6, 6.07) is 111. The molecule has 13 aromatic carbocycles. The van der Waals surface area contributed by atoms with Gasteiger partial charge in [0, 0.05) is 77.3 Å². The summed E-state index contributed by atoms with van der Waals surface area (Å²) in [5.41, 5.74) is 20.2. The fourth-order valence-corrected chi connectivity index (χ4v) is 14.4. The average Bonchev–Trinajstić information content (AvgIpc) is 1.57. The topological polar surface area (TPSA) is 104 Å². The summed E-state index contributed by atoms with van der Waals surface area (Å²) in [6.45, 7) is 0. The van der Waals surface area contributed by atoms with Crippen molar-refractivity contribution in [1.29, 1.82) is 0 Å². The highest BCUT2D eigenvalue weighted by Crippen LogP contribution is 2.44. The molecule has 470 valence electrons. The van der Waals surface area contributed by atoms with Crippen LogP contribution in [0.5, 0.6) is 0 Å². The third-order valence-corrected chi connectivity index (χ3v) is 19.1. The molecule has 17 aromatic rings. The molecule has 0 fully saturated rings. The summed E-state index contributed by atoms with van der Waals surface area (Å²) in [6.07, 6.45) is 9.74. The molecular weight excluding hydrogens is 1220 g/mol. The minimum absolute atomic E-state index is 0.167. The summed E-state index contributed by atoms with van der Waals surface area (Å²) in [5, 5.41) is 4.68. The highest BCUT2D eigenvalue weighted by Gasteiger charge is 2.24. The maximum atomic E-state index is 15.1. The van der Waals surface area contributed by atoms with Gasteiger partial charge in [0.05, 0.1) is 22.6 Å². The van der Waals surface area contributed by atoms with Crippen molar-refractivity contribution in [2.45, 2.75) is 12.5 Å². The summed E-state index contributed by atoms with van der Waals surface area (Å²) in [7, 11) is 0. The molecule has 18 rings (SSSR count). The van der Waals surface area contributed by atoms with Crippen molar-refractivity contribution in [2.24, 2.45) is 0 Å². The van der Waals surface area contributed by atoms with Gasteiger partial charge in [-0.25, -0.2) is 29.9 Å². The Balaban J connectivity index is 0.700. The zero-order chi connectivity index (χ0) is 66.5. The number of nitrogens with zero attached hydrogens (tertiary/aromatic N) is 8. The van der Waals surface area contributed by atoms with Crippen molar-refractivity contribution in [3.63, 3.8) is 0 Å². The molecule has 9 heteroatoms. The fraction of sp³-hybridized carbons (Fsp3) is 0.0220. The van der Waals surface area contributed by atoms with E-state index in [0.29, 0.717) is 57.2 Å². The van der Waals surface area contributed by atoms with Gasteiger partial charge in [0.15, 0.2) is 40.7 Å². The third kappa shape index (κ3) is 10.9. The number of hydrogen-bond donors (Lipinski definition) is 0. The van der Waals surface area contributed by atoms with Gasteiger partial charge >= 0.3 is 0 Å². The largest absolute Gasteiger partial charge is 0.333 e. The molecule has 9 nitrogen and oxygen atoms in total. The SMILES string of the molecule is O=C(c1cccc(-c2nc(-c3ccccc3)nc(-c3cccc(-c4cccc5c4c4cc(-c6ccccc6)ccc4n5-c4ccccc4)c3)n2)c1)c1cccc(-c2nc(-c3ccccc3)nc(-c3cccc(-c4cccc5c4c4cc(-c6ccccc6)ccc4n5C4C=CC=CC4)c3)n2)c1. The van der Waals surface area contributed by atoms with Gasteiger partial charge in [-0.2, -0.15) is 0 Å². The van der Waals surface area contributed by atoms with E-state index >= 15 is 4.79 Å². The quantitative estimate of drug-likeness (QED) is 0.0999. The number of fused-ring (bicyclic) bond motifs is 6. The Labute approximate surface area is 577 Å². The average molecular weight is 1280 g/mol. The lowest BCUT2D eigenvalue weighted by Crippen LogP contribution is -2.06. The molecule has 0 saturated heterocycles. The normalized spacial score (nSPS) is 12.8. The molecule has 0 spiro atoms. The van der Waals surface area contributed by atoms with Crippen LogP contribution in [-0.2, 0) is 0 Å². The zero-order valence-electron chi connectivity index (χ0n) is 54.2. The second-order valence-corrected chi connectivity index (χ2v) is 25.2. The Morgan fingerprint density at radius 1 is 0.290 bits per heavy atom. The third-order valence-electron chi connectivity index (χ3n) is 19.1. The number of hydrogen-bond acceptors (Lipinski definition) is 7. The van der Waals surface area contributed by atoms with Crippen LogP contribution in [0.4, 0.5) is 0 Å². The molecular formula is C91H60N8O. The predicted molar refractivity (Wildman–Crippen MR) is 407 cm³/mol. The van der Waals surface area contributed by atoms with Gasteiger partial charge in [0.1, 0.15) is 0 Å². The number of carbonyl (C=O) groups is 1. The van der Waals surface area contributed by atoms with E-state index in [4.69, 9.17) is 29.9 Å². The molecule has 1 atom stereocenters. The summed E-state index contributed by atoms with van der Waals surface area (Å²) >= 11 is 0. The Morgan fingerprint density at radius 2 is 0.670 bits per heavy atom. The van der Waals surface area contributed by atoms with E-state index in [1.54, 1.807) is 0 Å². The first kappa shape index (κ1) is 59.1. The molecule has 100 heavy (non-hydrogen) atoms. The maximum absolute atomic E-state index is 15.1. The number of carbonyl (C=O) groups excluding carboxylic acids is 1. The van der Waals surface area contributed by atoms with E-state index in [1.165, 1.54) is 32.9 Å². The van der Waals surface area contributed by atoms with Crippen LogP contribution >= 0.6 is 0 Å². The lowest BCUT2D eigenvalue weighted by molar-refractivity contribution is 0.103. The maximum Gasteiger partial charge on any atom is 0.193 e. The molecule has 0 saturated carbocycles. The number of ketones is 1. The van der Waals surface area contributed by atoms with Gasteiger partial charge < -0.3 is 9.13 Å². The van der Waals surface area contributed by atoms with Crippen molar-refractivity contribution in [2.75, 3.05) is 0 Å². The standard InChI is InChI=1S/C91H60N8O/c100-85(67-35-21-39-71(55-67)90-94-86(61-29-11-3-12-30-61)92-88(96-90)69-37-19-33-65(53-69)75-45-23-47-81-83(75)77-57-63(59-25-7-1-8-26-59)49-51-79(77)98(81)73-41-15-5-16-42-73)68-36-22-40-72(56-68)91-95-87(62-31-13-4-14-32-62)93-89(97-91)70-38-20-34-66(54-70)76-46-24-48-82-84(76)78-58-64(60-27-9-2-10-28-60)50-52-80(78)99(82)74-43-17-6-18-44-74/h1-43,45-58,74H,44H2. The number of allylic oxidation sites excluding steroid dienone is 4. The molecule has 4 aromatic heterocycles. The molecule has 1 aliphatic carbocycles. The highest BCUT2D eigenvalue weighted by atomic mass is 16.1. The smallest absolute Gasteiger partial charge is 0.193 e. The molecule has 0 N–H and O–H groups in total. The van der Waals surface area contributed by atoms with Crippen LogP contribution in [0.25, 0.3) is 162 Å². The van der Waals surface area contributed by atoms with E-state index in [-0.39, 0.29) is 11.8 Å². The van der Waals surface area contributed by atoms with Crippen molar-refractivity contribution in [3.8, 4) is 119 Å². The first-order valence-corrected chi connectivity index (χ1v) is 33.7. The van der Waals surface area contributed by atoms with Crippen molar-refractivity contribution in [3.05, 3.63) is 357 Å². The zero-order valence-corrected chi connectivity index (χ0v) is 54.2. The Morgan fingerprint density at radius 3 is 1.15 bits per heavy atom. The van der Waals surface area contributed by atoms with Gasteiger partial charge in [0.2, 0.25) is 0 Å². The molecule has 1 aliphatic rings. The molecule has 4 heterocycles. The minimum atomic E-state index is -0.180. The first-order chi connectivity index (χ1) is 49.5. The van der Waals surface area contributed by atoms with Gasteiger partial charge in [-0.05, 0) is 124 Å². The lowest BCUT2D eigenvalue weighted by Gasteiger charge is -2.18. The highest BCUT2D eigenvalue weighted by molar-refractivity contribution is 6.18. The first-order valence-electron chi connectivity index (χ1n) is 33.7. The molecule has 0 aliphatic heterocycles. The van der Waals surface area contributed by atoms with Crippen molar-refractivity contribution in [1.82, 2.24) is 39.0 Å². The molecule has 0 amide bonds. The molecule has 1 unspecified atom stereocenters. The lowest BCUT2D eigenvalue weighted by atomic mass is 9.96. The summed E-state index contributed by atoms with van der Waals surface area (Å²) in [4.78, 5) is 46.2. The molecule has 0 radical (unpaired) electrons. The van der Waals surface area contributed by atoms with E-state index in [1.807, 2.05) is 109 Å². The predicted octanol–water partition coefficient (Wildman–Crippen LogP) is 22.2. The van der Waals surface area contributed by atoms with E-state index in [0.717, 1.165) is 89.5 Å². The van der Waals surface area contributed by atoms with Gasteiger partial charge in [-0.3, -0.25) is 4.79 Å². The van der Waals surface area contributed by atoms with Crippen LogP contribution in [0.3, 0.4) is 0 Å². The summed E-state index contributed by atoms with van der Waals surface area (Å²) in [5.74, 6) is 2.74. The Bertz CT molecular complexity index is 6080. The monoisotopic (exact) mass is 1280 g/mol. The van der Waals surface area contributed by atoms with Crippen LogP contribution in [0, 0.1) is 0 Å². The number of aromatic nitrogens is 8. The van der Waals surface area contributed by atoms with E-state index in [9.17, 15) is 0 Å². The summed E-state index contributed by atoms with van der Waals surface area (Å²) < 4.78 is 4.85. The molecule has 0 bridgehead atoms.